The van der Waals surface area contributed by atoms with Crippen molar-refractivity contribution in [1.29, 1.82) is 0 Å². The van der Waals surface area contributed by atoms with Crippen LogP contribution in [0.5, 0.6) is 0 Å². The van der Waals surface area contributed by atoms with Crippen molar-refractivity contribution in [1.82, 2.24) is 0 Å². The third-order valence-electron chi connectivity index (χ3n) is 9.55. The number of nitrogens with zero attached hydrogens (tertiary/aromatic N) is 2. The molecule has 0 saturated heterocycles. The Labute approximate surface area is 360 Å². The first-order valence-corrected chi connectivity index (χ1v) is 19.5. The molecule has 0 bridgehead atoms. The summed E-state index contributed by atoms with van der Waals surface area (Å²) in [6, 6.07) is 47.5. The molecule has 10 nitrogen and oxygen atoms in total. The maximum absolute atomic E-state index is 11.6. The first-order valence-electron chi connectivity index (χ1n) is 19.5. The average Bonchev–Trinajstić information content (AvgIpc) is 3.33. The van der Waals surface area contributed by atoms with Crippen molar-refractivity contribution in [3.63, 3.8) is 0 Å². The summed E-state index contributed by atoms with van der Waals surface area (Å²) in [7, 11) is 0. The summed E-state index contributed by atoms with van der Waals surface area (Å²) in [6.45, 7) is 14.3. The van der Waals surface area contributed by atoms with Crippen LogP contribution in [0.4, 0.5) is 34.1 Å². The van der Waals surface area contributed by atoms with Crippen LogP contribution in [0.25, 0.3) is 11.1 Å². The van der Waals surface area contributed by atoms with Gasteiger partial charge in [-0.3, -0.25) is 0 Å². The van der Waals surface area contributed by atoms with Gasteiger partial charge < -0.3 is 28.7 Å². The number of carbonyl (C=O) groups is 4. The summed E-state index contributed by atoms with van der Waals surface area (Å²) in [5.41, 5.74) is 10.6. The summed E-state index contributed by atoms with van der Waals surface area (Å²) < 4.78 is 20.9. The monoisotopic (exact) mass is 824 g/mol. The topological polar surface area (TPSA) is 112 Å². The molecule has 0 aliphatic rings. The zero-order chi connectivity index (χ0) is 43.8. The van der Waals surface area contributed by atoms with Crippen LogP contribution in [-0.4, -0.2) is 23.9 Å². The SMILES string of the molecule is C=CC(=O)OCc1ccc(N(c2ccc(COC(=O)C=C)cc2)c2ccc(-c3ccc(N(c4ccc(COC(=O)C=C)cc4)c4ccc(COC(=O)C=C)cc4)cc3)cc2)cc1. The van der Waals surface area contributed by atoms with Crippen molar-refractivity contribution in [3.05, 3.63) is 218 Å². The van der Waals surface area contributed by atoms with Crippen LogP contribution in [-0.2, 0) is 64.6 Å². The van der Waals surface area contributed by atoms with Crippen LogP contribution in [0.1, 0.15) is 22.3 Å². The van der Waals surface area contributed by atoms with Crippen LogP contribution in [0, 0.1) is 0 Å². The van der Waals surface area contributed by atoms with E-state index >= 15 is 0 Å². The summed E-state index contributed by atoms with van der Waals surface area (Å²) in [6.07, 6.45) is 4.54. The third-order valence-corrected chi connectivity index (χ3v) is 9.55. The lowest BCUT2D eigenvalue weighted by atomic mass is 10.0. The van der Waals surface area contributed by atoms with Gasteiger partial charge in [0.05, 0.1) is 0 Å². The first-order chi connectivity index (χ1) is 30.2. The summed E-state index contributed by atoms with van der Waals surface area (Å²) in [5.74, 6) is -1.96. The molecular formula is C52H44N2O8. The van der Waals surface area contributed by atoms with Crippen molar-refractivity contribution >= 4 is 58.0 Å². The highest BCUT2D eigenvalue weighted by Gasteiger charge is 2.16. The minimum Gasteiger partial charge on any atom is -0.458 e. The van der Waals surface area contributed by atoms with Crippen LogP contribution < -0.4 is 9.80 Å². The van der Waals surface area contributed by atoms with E-state index in [2.05, 4.69) is 84.6 Å². The van der Waals surface area contributed by atoms with E-state index in [4.69, 9.17) is 18.9 Å². The predicted octanol–water partition coefficient (Wildman–Crippen LogP) is 11.2. The summed E-state index contributed by atoms with van der Waals surface area (Å²) in [4.78, 5) is 50.8. The normalized spacial score (nSPS) is 10.4. The molecule has 6 aromatic carbocycles. The molecule has 0 atom stereocenters. The molecule has 0 unspecified atom stereocenters. The highest BCUT2D eigenvalue weighted by atomic mass is 16.5. The van der Waals surface area contributed by atoms with Gasteiger partial charge >= 0.3 is 23.9 Å². The van der Waals surface area contributed by atoms with Gasteiger partial charge in [0, 0.05) is 58.4 Å². The lowest BCUT2D eigenvalue weighted by molar-refractivity contribution is -0.139. The zero-order valence-electron chi connectivity index (χ0n) is 34.0. The van der Waals surface area contributed by atoms with E-state index in [-0.39, 0.29) is 26.4 Å². The number of hydrogen-bond acceptors (Lipinski definition) is 10. The second kappa shape index (κ2) is 21.1. The van der Waals surface area contributed by atoms with Gasteiger partial charge in [-0.05, 0) is 106 Å². The Morgan fingerprint density at radius 2 is 0.500 bits per heavy atom. The molecule has 0 aliphatic heterocycles. The molecule has 10 heteroatoms. The molecule has 0 aliphatic carbocycles. The first kappa shape index (κ1) is 43.3. The van der Waals surface area contributed by atoms with Gasteiger partial charge in [0.25, 0.3) is 0 Å². The van der Waals surface area contributed by atoms with Gasteiger partial charge in [-0.2, -0.15) is 0 Å². The summed E-state index contributed by atoms with van der Waals surface area (Å²) in [5, 5.41) is 0. The number of carbonyl (C=O) groups excluding carboxylic acids is 4. The standard InChI is InChI=1S/C52H44N2O8/c1-5-49(55)59-33-37-9-21-43(22-10-37)53(44-23-11-38(12-24-44)34-60-50(56)6-2)47-29-17-41(18-30-47)42-19-31-48(32-20-42)54(45-25-13-39(14-26-45)35-61-51(57)7-3)46-27-15-40(16-28-46)36-62-52(58)8-4/h5-32H,1-4,33-36H2. The van der Waals surface area contributed by atoms with Gasteiger partial charge in [-0.25, -0.2) is 19.2 Å². The van der Waals surface area contributed by atoms with E-state index in [9.17, 15) is 19.2 Å². The number of rotatable bonds is 19. The van der Waals surface area contributed by atoms with E-state index in [1.54, 1.807) is 0 Å². The molecule has 0 amide bonds. The van der Waals surface area contributed by atoms with Crippen molar-refractivity contribution in [2.24, 2.45) is 0 Å². The Bertz CT molecular complexity index is 2210. The Kier molecular flexibility index (Phi) is 14.8. The van der Waals surface area contributed by atoms with Gasteiger partial charge in [0.15, 0.2) is 0 Å². The lowest BCUT2D eigenvalue weighted by Gasteiger charge is -2.26. The van der Waals surface area contributed by atoms with E-state index in [0.29, 0.717) is 0 Å². The predicted molar refractivity (Wildman–Crippen MR) is 241 cm³/mol. The number of anilines is 6. The zero-order valence-corrected chi connectivity index (χ0v) is 34.0. The molecule has 0 aromatic heterocycles. The highest BCUT2D eigenvalue weighted by Crippen LogP contribution is 2.38. The number of esters is 4. The Morgan fingerprint density at radius 3 is 0.677 bits per heavy atom. The molecule has 0 saturated carbocycles. The van der Waals surface area contributed by atoms with Crippen LogP contribution in [0.2, 0.25) is 0 Å². The van der Waals surface area contributed by atoms with Crippen LogP contribution >= 0.6 is 0 Å². The molecule has 6 aromatic rings. The molecule has 0 radical (unpaired) electrons. The average molecular weight is 825 g/mol. The van der Waals surface area contributed by atoms with E-state index in [1.807, 2.05) is 97.1 Å². The largest absolute Gasteiger partial charge is 0.458 e. The highest BCUT2D eigenvalue weighted by molar-refractivity contribution is 5.84. The molecule has 0 heterocycles. The fourth-order valence-electron chi connectivity index (χ4n) is 6.32. The third kappa shape index (κ3) is 11.5. The Morgan fingerprint density at radius 1 is 0.323 bits per heavy atom. The van der Waals surface area contributed by atoms with Crippen molar-refractivity contribution in [3.8, 4) is 11.1 Å². The Hall–Kier alpha value is -8.24. The van der Waals surface area contributed by atoms with Gasteiger partial charge in [0.2, 0.25) is 0 Å². The minimum absolute atomic E-state index is 0.122. The smallest absolute Gasteiger partial charge is 0.330 e. The van der Waals surface area contributed by atoms with E-state index in [0.717, 1.165) is 91.8 Å². The second-order valence-corrected chi connectivity index (χ2v) is 13.7. The van der Waals surface area contributed by atoms with Gasteiger partial charge in [-0.15, -0.1) is 0 Å². The molecule has 310 valence electrons. The Balaban J connectivity index is 1.27. The molecule has 0 spiro atoms. The fourth-order valence-corrected chi connectivity index (χ4v) is 6.32. The van der Waals surface area contributed by atoms with Crippen molar-refractivity contribution in [2.75, 3.05) is 9.80 Å². The van der Waals surface area contributed by atoms with Crippen molar-refractivity contribution in [2.45, 2.75) is 26.4 Å². The van der Waals surface area contributed by atoms with Crippen LogP contribution in [0.3, 0.4) is 0 Å². The lowest BCUT2D eigenvalue weighted by Crippen LogP contribution is -2.11. The van der Waals surface area contributed by atoms with Gasteiger partial charge in [0.1, 0.15) is 26.4 Å². The summed E-state index contributed by atoms with van der Waals surface area (Å²) >= 11 is 0. The molecule has 0 fully saturated rings. The van der Waals surface area contributed by atoms with Crippen molar-refractivity contribution < 1.29 is 38.1 Å². The van der Waals surface area contributed by atoms with Crippen LogP contribution in [0.15, 0.2) is 196 Å². The van der Waals surface area contributed by atoms with Gasteiger partial charge in [-0.1, -0.05) is 99.1 Å². The maximum atomic E-state index is 11.6. The number of ether oxygens (including phenoxy) is 4. The maximum Gasteiger partial charge on any atom is 0.330 e. The van der Waals surface area contributed by atoms with E-state index < -0.39 is 23.9 Å². The minimum atomic E-state index is -0.491. The number of benzene rings is 6. The quantitative estimate of drug-likeness (QED) is 0.0444. The number of hydrogen-bond donors (Lipinski definition) is 0. The second-order valence-electron chi connectivity index (χ2n) is 13.7. The molecular weight excluding hydrogens is 781 g/mol. The fraction of sp³-hybridized carbons (Fsp3) is 0.0769. The molecule has 0 N–H and O–H groups in total. The molecule has 62 heavy (non-hydrogen) atoms. The van der Waals surface area contributed by atoms with E-state index in [1.165, 1.54) is 0 Å². The molecule has 6 rings (SSSR count).